The van der Waals surface area contributed by atoms with Gasteiger partial charge < -0.3 is 134 Å². The molecule has 0 radical (unpaired) electrons. The minimum absolute atomic E-state index is 0.0109. The highest BCUT2D eigenvalue weighted by molar-refractivity contribution is 6.00. The number of carbonyl (C=O) groups excluding carboxylic acids is 13. The summed E-state index contributed by atoms with van der Waals surface area (Å²) in [5, 5.41) is 91.6. The predicted octanol–water partition coefficient (Wildman–Crippen LogP) is -6.38. The first-order valence-corrected chi connectivity index (χ1v) is 38.9. The number of aliphatic hydroxyl groups excluding tert-OH is 1. The first-order chi connectivity index (χ1) is 55.2. The third-order valence-electron chi connectivity index (χ3n) is 18.2. The summed E-state index contributed by atoms with van der Waals surface area (Å²) in [4.78, 5) is 213. The van der Waals surface area contributed by atoms with Gasteiger partial charge >= 0.3 is 11.9 Å². The van der Waals surface area contributed by atoms with Gasteiger partial charge in [0.1, 0.15) is 66.5 Å². The fourth-order valence-corrected chi connectivity index (χ4v) is 11.7. The second-order valence-corrected chi connectivity index (χ2v) is 29.3. The highest BCUT2D eigenvalue weighted by atomic mass is 16.4. The number of nitrogens with zero attached hydrogens (tertiary/aromatic N) is 1. The number of nitrogens with one attached hydrogen (secondary N) is 19. The van der Waals surface area contributed by atoms with Crippen LogP contribution in [0.2, 0.25) is 0 Å². The molecule has 1 heterocycles. The molecule has 14 atom stereocenters. The van der Waals surface area contributed by atoms with Crippen molar-refractivity contribution < 1.29 is 87.2 Å². The number of carboxylic acid groups (broad SMARTS) is 2. The lowest BCUT2D eigenvalue weighted by molar-refractivity contribution is -0.143. The van der Waals surface area contributed by atoms with Gasteiger partial charge in [-0.1, -0.05) is 78.3 Å². The van der Waals surface area contributed by atoms with Crippen molar-refractivity contribution in [2.75, 3.05) is 32.7 Å². The van der Waals surface area contributed by atoms with Gasteiger partial charge in [0.05, 0.1) is 30.7 Å². The number of hydrogen-bond acceptors (Lipinski definition) is 22. The summed E-state index contributed by atoms with van der Waals surface area (Å²) < 4.78 is 0. The molecule has 2 aromatic rings. The highest BCUT2D eigenvalue weighted by Gasteiger charge is 2.39. The maximum absolute atomic E-state index is 15.0. The molecule has 0 fully saturated rings. The lowest BCUT2D eigenvalue weighted by Gasteiger charge is -2.30. The second-order valence-electron chi connectivity index (χ2n) is 29.3. The summed E-state index contributed by atoms with van der Waals surface area (Å²) in [5.74, 6) is -17.5. The van der Waals surface area contributed by atoms with Crippen LogP contribution in [0.1, 0.15) is 162 Å². The van der Waals surface area contributed by atoms with Crippen LogP contribution < -0.4 is 114 Å². The average Bonchev–Trinajstić information content (AvgIpc) is 0.978. The van der Waals surface area contributed by atoms with Gasteiger partial charge in [0.15, 0.2) is 17.9 Å². The largest absolute Gasteiger partial charge is 0.481 e. The lowest BCUT2D eigenvalue weighted by Crippen LogP contribution is -2.62. The zero-order valence-electron chi connectivity index (χ0n) is 67.4. The molecule has 117 heavy (non-hydrogen) atoms. The highest BCUT2D eigenvalue weighted by Crippen LogP contribution is 2.16. The van der Waals surface area contributed by atoms with Gasteiger partial charge in [0.2, 0.25) is 76.8 Å². The Balaban J connectivity index is 2.60. The molecule has 0 saturated carbocycles. The number of carbonyl (C=O) groups is 15. The number of aliphatic hydroxyl groups is 1. The van der Waals surface area contributed by atoms with Gasteiger partial charge in [0, 0.05) is 51.5 Å². The number of unbranched alkanes of at least 4 members (excludes halogenated alkanes) is 1. The van der Waals surface area contributed by atoms with Crippen molar-refractivity contribution in [2.24, 2.45) is 52.2 Å². The molecule has 13 amide bonds. The van der Waals surface area contributed by atoms with Crippen LogP contribution in [0.4, 0.5) is 0 Å². The van der Waals surface area contributed by atoms with Crippen LogP contribution >= 0.6 is 0 Å². The number of carboxylic acids is 2. The number of H-pyrrole nitrogens is 1. The summed E-state index contributed by atoms with van der Waals surface area (Å²) in [6, 6.07) is -9.65. The maximum Gasteiger partial charge on any atom is 0.326 e. The number of hydrogen-bond donors (Lipinski definition) is 28. The van der Waals surface area contributed by atoms with E-state index in [2.05, 4.69) is 89.7 Å². The van der Waals surface area contributed by atoms with Crippen molar-refractivity contribution in [3.63, 3.8) is 0 Å². The fraction of sp³-hybridized carbons (Fsp3) is 0.630. The summed E-state index contributed by atoms with van der Waals surface area (Å²) in [6.45, 7) is 10.8. The van der Waals surface area contributed by atoms with E-state index in [0.717, 1.165) is 6.92 Å². The molecule has 0 saturated heterocycles. The molecule has 0 bridgehead atoms. The fourth-order valence-electron chi connectivity index (χ4n) is 11.7. The Morgan fingerprint density at radius 1 is 0.453 bits per heavy atom. The molecule has 0 aliphatic carbocycles. The van der Waals surface area contributed by atoms with E-state index < -0.39 is 205 Å². The Bertz CT molecular complexity index is 3610. The van der Waals surface area contributed by atoms with E-state index in [0.29, 0.717) is 17.7 Å². The summed E-state index contributed by atoms with van der Waals surface area (Å²) in [6.07, 6.45) is -0.526. The number of primary amides is 1. The third kappa shape index (κ3) is 41.3. The number of aliphatic carboxylic acids is 2. The number of amides is 13. The van der Waals surface area contributed by atoms with E-state index in [1.807, 2.05) is 0 Å². The monoisotopic (exact) mass is 1650 g/mol. The van der Waals surface area contributed by atoms with E-state index in [1.165, 1.54) is 12.5 Å². The Morgan fingerprint density at radius 3 is 1.29 bits per heavy atom. The Morgan fingerprint density at radius 2 is 0.863 bits per heavy atom. The molecule has 44 heteroatoms. The van der Waals surface area contributed by atoms with Crippen LogP contribution in [-0.2, 0) is 84.8 Å². The third-order valence-corrected chi connectivity index (χ3v) is 18.2. The molecule has 2 rings (SSSR count). The Labute approximate surface area is 678 Å². The van der Waals surface area contributed by atoms with Crippen LogP contribution in [0.3, 0.4) is 0 Å². The molecule has 34 N–H and O–H groups in total. The average molecular weight is 1650 g/mol. The van der Waals surface area contributed by atoms with E-state index in [-0.39, 0.29) is 140 Å². The number of guanidine groups is 3. The van der Waals surface area contributed by atoms with Crippen LogP contribution in [0.25, 0.3) is 0 Å². The second kappa shape index (κ2) is 54.1. The molecule has 654 valence electrons. The normalized spacial score (nSPS) is 14.7. The minimum Gasteiger partial charge on any atom is -0.481 e. The lowest BCUT2D eigenvalue weighted by atomic mass is 9.96. The van der Waals surface area contributed by atoms with Crippen LogP contribution in [0.15, 0.2) is 42.9 Å². The van der Waals surface area contributed by atoms with Crippen LogP contribution in [0, 0.1) is 34.0 Å². The molecule has 0 unspecified atom stereocenters. The molecule has 1 aromatic heterocycles. The Hall–Kier alpha value is -11.8. The van der Waals surface area contributed by atoms with Gasteiger partial charge in [-0.05, 0) is 120 Å². The first kappa shape index (κ1) is 101. The summed E-state index contributed by atoms with van der Waals surface area (Å²) in [5.41, 5.74) is 34.2. The predicted molar refractivity (Wildman–Crippen MR) is 428 cm³/mol. The summed E-state index contributed by atoms with van der Waals surface area (Å²) in [7, 11) is 0. The number of nitrogens with two attached hydrogens (primary N) is 6. The molecule has 44 nitrogen and oxygen atoms in total. The number of aromatic amines is 1. The van der Waals surface area contributed by atoms with Crippen molar-refractivity contribution >= 4 is 107 Å². The number of rotatable bonds is 58. The molecule has 0 spiro atoms. The van der Waals surface area contributed by atoms with E-state index in [1.54, 1.807) is 71.9 Å². The molecule has 0 aliphatic heterocycles. The van der Waals surface area contributed by atoms with E-state index in [9.17, 15) is 87.2 Å². The number of aromatic nitrogens is 2. The SMILES string of the molecule is CC[C@H](C)[C@H](NC(=O)[C@H](Cc1ccccc1)NC(=O)[C@H](CCCNC(=N)N)NC(=O)[C@@H](NC(=O)CNC(=O)[C@H](Cc1c[nH]cn1)NC(=O)[C@@H](N)CCC(N)=O)[C@@H](C)O)C(=O)N[C@@H](CCCNC(=N)N)C(=O)N[C@@H](CC(C)C)C(=O)N[C@@H](CCCCN)C(=O)N[C@@H](CC(C)C)C(=O)N[C@@H](CCC(=O)O)C(=O)N[C@@H](CCCNC(=N)N)C(=O)O. The number of benzene rings is 1. The molecular weight excluding hydrogens is 1530 g/mol. The summed E-state index contributed by atoms with van der Waals surface area (Å²) >= 11 is 0. The van der Waals surface area contributed by atoms with Crippen molar-refractivity contribution in [3.8, 4) is 0 Å². The van der Waals surface area contributed by atoms with Gasteiger partial charge in [-0.25, -0.2) is 9.78 Å². The smallest absolute Gasteiger partial charge is 0.326 e. The Kier molecular flexibility index (Phi) is 46.8. The van der Waals surface area contributed by atoms with E-state index in [4.69, 9.17) is 50.6 Å². The van der Waals surface area contributed by atoms with Gasteiger partial charge in [-0.2, -0.15) is 0 Å². The molecular formula is C73H124N26O18. The van der Waals surface area contributed by atoms with E-state index >= 15 is 0 Å². The first-order valence-electron chi connectivity index (χ1n) is 38.9. The van der Waals surface area contributed by atoms with Gasteiger partial charge in [-0.15, -0.1) is 0 Å². The topological polar surface area (TPSA) is 754 Å². The zero-order chi connectivity index (χ0) is 88.0. The van der Waals surface area contributed by atoms with Crippen molar-refractivity contribution in [1.29, 1.82) is 16.2 Å². The molecule has 1 aromatic carbocycles. The number of imidazole rings is 1. The van der Waals surface area contributed by atoms with Gasteiger partial charge in [0.25, 0.3) is 0 Å². The van der Waals surface area contributed by atoms with Gasteiger partial charge in [-0.3, -0.25) is 83.4 Å². The zero-order valence-corrected chi connectivity index (χ0v) is 67.4. The van der Waals surface area contributed by atoms with Crippen molar-refractivity contribution in [3.05, 3.63) is 54.1 Å². The van der Waals surface area contributed by atoms with Crippen molar-refractivity contribution in [2.45, 2.75) is 243 Å². The standard InChI is InChI=1S/C73H124N26O18/c1-8-40(6)57(99-67(113)52(33-42-17-10-9-11-18-42)97-63(109)47(21-15-29-85-72(79)80)92-69(115)58(41(7)100)98-55(102)36-87-60(106)53(34-43-35-83-37-88-43)94-59(105)44(75)23-25-54(76)101)68(114)91-46(20-14-28-84-71(77)78)62(108)96-50(31-38(2)3)65(111)89-45(19-12-13-27-74)61(107)95-51(32-39(4)5)66(112)90-48(24-26-56(103)104)64(110)93-49(70(116)117)22-16-30-86-73(81)82/h9-11,17-18,35,37-41,44-53,57-58,100H,8,12-16,19-34,36,74-75H2,1-7H3,(H2,76,101)(H,83,88)(H,87,106)(H,89,111)(H,90,112)(H,91,114)(H,92,115)(H,93,110)(H,94,105)(H,95,107)(H,96,108)(H,97,109)(H,98,102)(H,99,113)(H,103,104)(H,116,117)(H4,77,78,84)(H4,79,80,85)(H4,81,82,86)/t40-,41+,44-,45-,46-,47-,48-,49-,50-,51-,52-,53-,57-,58-/m0/s1. The van der Waals surface area contributed by atoms with Crippen molar-refractivity contribution in [1.82, 2.24) is 89.7 Å². The van der Waals surface area contributed by atoms with Crippen LogP contribution in [0.5, 0.6) is 0 Å². The quantitative estimate of drug-likeness (QED) is 0.0166. The maximum atomic E-state index is 15.0. The minimum atomic E-state index is -1.81. The van der Waals surface area contributed by atoms with Crippen LogP contribution in [-0.4, -0.2) is 243 Å². The molecule has 0 aliphatic rings.